The highest BCUT2D eigenvalue weighted by molar-refractivity contribution is 5.90. The summed E-state index contributed by atoms with van der Waals surface area (Å²) in [4.78, 5) is 23.3. The molecule has 8 nitrogen and oxygen atoms in total. The van der Waals surface area contributed by atoms with Gasteiger partial charge in [-0.3, -0.25) is 14.4 Å². The molecule has 2 aliphatic heterocycles. The van der Waals surface area contributed by atoms with Gasteiger partial charge in [-0.25, -0.2) is 4.98 Å². The predicted molar refractivity (Wildman–Crippen MR) is 89.8 cm³/mol. The Labute approximate surface area is 143 Å². The minimum absolute atomic E-state index is 0.0749. The maximum absolute atomic E-state index is 12.6. The van der Waals surface area contributed by atoms with E-state index >= 15 is 0 Å². The number of amides is 1. The first-order chi connectivity index (χ1) is 11.5. The zero-order valence-electron chi connectivity index (χ0n) is 14.9. The summed E-state index contributed by atoms with van der Waals surface area (Å²) in [6.45, 7) is 5.30. The number of likely N-dealkylation sites (tertiary alicyclic amines) is 1. The van der Waals surface area contributed by atoms with Crippen LogP contribution in [0.3, 0.4) is 0 Å². The average molecular weight is 336 g/mol. The van der Waals surface area contributed by atoms with E-state index < -0.39 is 0 Å². The van der Waals surface area contributed by atoms with Crippen LogP contribution in [0.5, 0.6) is 0 Å². The first kappa shape index (κ1) is 17.3. The van der Waals surface area contributed by atoms with Crippen molar-refractivity contribution in [1.29, 1.82) is 0 Å². The second-order valence-electron chi connectivity index (χ2n) is 6.93. The van der Waals surface area contributed by atoms with E-state index in [0.29, 0.717) is 12.6 Å². The largest absolute Gasteiger partial charge is 0.375 e. The lowest BCUT2D eigenvalue weighted by Gasteiger charge is -2.40. The molecule has 3 heterocycles. The Morgan fingerprint density at radius 3 is 2.83 bits per heavy atom. The first-order valence-electron chi connectivity index (χ1n) is 8.70. The van der Waals surface area contributed by atoms with Gasteiger partial charge in [0.25, 0.3) is 5.91 Å². The molecule has 2 aliphatic rings. The van der Waals surface area contributed by atoms with Gasteiger partial charge in [0.05, 0.1) is 12.7 Å². The summed E-state index contributed by atoms with van der Waals surface area (Å²) in [6, 6.07) is 0.396. The highest BCUT2D eigenvalue weighted by Crippen LogP contribution is 2.24. The number of aromatic nitrogens is 3. The van der Waals surface area contributed by atoms with Crippen LogP contribution in [0.15, 0.2) is 6.33 Å². The molecule has 2 unspecified atom stereocenters. The van der Waals surface area contributed by atoms with Crippen molar-refractivity contribution in [2.45, 2.75) is 25.0 Å². The number of likely N-dealkylation sites (N-methyl/N-ethyl adjacent to an activating group) is 1. The van der Waals surface area contributed by atoms with Gasteiger partial charge in [0.1, 0.15) is 6.33 Å². The van der Waals surface area contributed by atoms with Crippen molar-refractivity contribution in [3.8, 4) is 0 Å². The summed E-state index contributed by atoms with van der Waals surface area (Å²) >= 11 is 0. The Balaban J connectivity index is 1.63. The van der Waals surface area contributed by atoms with Crippen molar-refractivity contribution in [2.24, 2.45) is 7.05 Å². The molecule has 0 aromatic carbocycles. The van der Waals surface area contributed by atoms with Crippen molar-refractivity contribution < 1.29 is 9.53 Å². The lowest BCUT2D eigenvalue weighted by molar-refractivity contribution is -0.0724. The molecule has 0 bridgehead atoms. The minimum atomic E-state index is -0.0749. The van der Waals surface area contributed by atoms with Crippen LogP contribution in [0.25, 0.3) is 0 Å². The molecule has 1 aromatic rings. The number of carbonyl (C=O) groups excluding carboxylic acids is 1. The van der Waals surface area contributed by atoms with Gasteiger partial charge in [-0.1, -0.05) is 0 Å². The molecule has 2 fully saturated rings. The van der Waals surface area contributed by atoms with E-state index in [1.54, 1.807) is 18.1 Å². The number of rotatable bonds is 4. The van der Waals surface area contributed by atoms with Gasteiger partial charge >= 0.3 is 0 Å². The molecule has 3 rings (SSSR count). The molecule has 0 aliphatic carbocycles. The minimum Gasteiger partial charge on any atom is -0.375 e. The van der Waals surface area contributed by atoms with Gasteiger partial charge in [0.2, 0.25) is 5.82 Å². The maximum Gasteiger partial charge on any atom is 0.293 e. The zero-order valence-corrected chi connectivity index (χ0v) is 14.9. The fourth-order valence-electron chi connectivity index (χ4n) is 3.55. The third kappa shape index (κ3) is 3.93. The molecule has 0 N–H and O–H groups in total. The van der Waals surface area contributed by atoms with E-state index in [1.165, 1.54) is 0 Å². The maximum atomic E-state index is 12.6. The van der Waals surface area contributed by atoms with E-state index in [0.717, 1.165) is 45.6 Å². The van der Waals surface area contributed by atoms with Crippen molar-refractivity contribution >= 4 is 5.91 Å². The standard InChI is InChI=1S/C16H28N6O2/c1-19(2)8-9-21-10-11-24-14-5-7-22(6-4-13(14)21)16(23)15-17-12-20(3)18-15/h12-14H,4-11H2,1-3H3. The summed E-state index contributed by atoms with van der Waals surface area (Å²) < 4.78 is 7.57. The Hall–Kier alpha value is -1.51. The topological polar surface area (TPSA) is 66.7 Å². The van der Waals surface area contributed by atoms with E-state index in [4.69, 9.17) is 4.74 Å². The lowest BCUT2D eigenvalue weighted by Crippen LogP contribution is -2.52. The molecule has 0 radical (unpaired) electrons. The molecule has 0 saturated carbocycles. The van der Waals surface area contributed by atoms with Gasteiger partial charge in [-0.2, -0.15) is 0 Å². The van der Waals surface area contributed by atoms with Crippen molar-refractivity contribution in [3.63, 3.8) is 0 Å². The number of nitrogens with zero attached hydrogens (tertiary/aromatic N) is 6. The van der Waals surface area contributed by atoms with Gasteiger partial charge in [-0.15, -0.1) is 5.10 Å². The number of carbonyl (C=O) groups is 1. The van der Waals surface area contributed by atoms with E-state index in [2.05, 4.69) is 34.0 Å². The highest BCUT2D eigenvalue weighted by atomic mass is 16.5. The van der Waals surface area contributed by atoms with E-state index in [9.17, 15) is 4.79 Å². The molecule has 0 spiro atoms. The predicted octanol–water partition coefficient (Wildman–Crippen LogP) is -0.318. The van der Waals surface area contributed by atoms with Gasteiger partial charge in [-0.05, 0) is 26.9 Å². The Morgan fingerprint density at radius 2 is 2.12 bits per heavy atom. The third-order valence-corrected chi connectivity index (χ3v) is 4.90. The molecular formula is C16H28N6O2. The summed E-state index contributed by atoms with van der Waals surface area (Å²) in [5.74, 6) is 0.210. The lowest BCUT2D eigenvalue weighted by atomic mass is 10.0. The second-order valence-corrected chi connectivity index (χ2v) is 6.93. The summed E-state index contributed by atoms with van der Waals surface area (Å²) in [6.07, 6.45) is 3.60. The second kappa shape index (κ2) is 7.58. The molecule has 134 valence electrons. The highest BCUT2D eigenvalue weighted by Gasteiger charge is 2.36. The molecule has 1 amide bonds. The van der Waals surface area contributed by atoms with E-state index in [1.807, 2.05) is 4.90 Å². The zero-order chi connectivity index (χ0) is 17.1. The fraction of sp³-hybridized carbons (Fsp3) is 0.812. The summed E-state index contributed by atoms with van der Waals surface area (Å²) in [7, 11) is 5.98. The van der Waals surface area contributed by atoms with Crippen LogP contribution in [-0.4, -0.2) is 101 Å². The van der Waals surface area contributed by atoms with Gasteiger partial charge in [0.15, 0.2) is 0 Å². The van der Waals surface area contributed by atoms with Crippen LogP contribution in [0, 0.1) is 0 Å². The molecule has 2 saturated heterocycles. The number of ether oxygens (including phenoxy) is 1. The number of morpholine rings is 1. The number of hydrogen-bond acceptors (Lipinski definition) is 6. The normalized spacial score (nSPS) is 25.6. The van der Waals surface area contributed by atoms with Crippen LogP contribution in [0.1, 0.15) is 23.5 Å². The van der Waals surface area contributed by atoms with Crippen molar-refractivity contribution in [1.82, 2.24) is 29.5 Å². The Bertz CT molecular complexity index is 561. The van der Waals surface area contributed by atoms with Crippen molar-refractivity contribution in [3.05, 3.63) is 12.2 Å². The van der Waals surface area contributed by atoms with Gasteiger partial charge in [0, 0.05) is 45.8 Å². The monoisotopic (exact) mass is 336 g/mol. The number of fused-ring (bicyclic) bond motifs is 1. The van der Waals surface area contributed by atoms with Crippen LogP contribution in [-0.2, 0) is 11.8 Å². The fourth-order valence-corrected chi connectivity index (χ4v) is 3.55. The first-order valence-corrected chi connectivity index (χ1v) is 8.70. The smallest absolute Gasteiger partial charge is 0.293 e. The average Bonchev–Trinajstić information content (AvgIpc) is 2.87. The summed E-state index contributed by atoms with van der Waals surface area (Å²) in [5.41, 5.74) is 0. The van der Waals surface area contributed by atoms with Crippen LogP contribution in [0.2, 0.25) is 0 Å². The van der Waals surface area contributed by atoms with E-state index in [-0.39, 0.29) is 17.8 Å². The SMILES string of the molecule is CN(C)CCN1CCOC2CCN(C(=O)c3ncn(C)n3)CCC21. The number of hydrogen-bond donors (Lipinski definition) is 0. The Morgan fingerprint density at radius 1 is 1.33 bits per heavy atom. The summed E-state index contributed by atoms with van der Waals surface area (Å²) in [5, 5.41) is 4.14. The van der Waals surface area contributed by atoms with Crippen molar-refractivity contribution in [2.75, 3.05) is 53.4 Å². The third-order valence-electron chi connectivity index (χ3n) is 4.90. The van der Waals surface area contributed by atoms with Crippen LogP contribution < -0.4 is 0 Å². The molecule has 8 heteroatoms. The Kier molecular flexibility index (Phi) is 5.47. The quantitative estimate of drug-likeness (QED) is 0.751. The molecular weight excluding hydrogens is 308 g/mol. The molecule has 1 aromatic heterocycles. The molecule has 24 heavy (non-hydrogen) atoms. The number of aryl methyl sites for hydroxylation is 1. The van der Waals surface area contributed by atoms with Crippen LogP contribution in [0.4, 0.5) is 0 Å². The van der Waals surface area contributed by atoms with Crippen LogP contribution >= 0.6 is 0 Å². The van der Waals surface area contributed by atoms with Gasteiger partial charge < -0.3 is 14.5 Å². The molecule has 2 atom stereocenters.